The molecule has 7 nitrogen and oxygen atoms in total. The SMILES string of the molecule is COC(=O)/C=C(/Nc1ccc(C)c(NC(=O)c2cccc(C)c2)c1)C(=O)OC. The van der Waals surface area contributed by atoms with Gasteiger partial charge in [-0.1, -0.05) is 23.8 Å². The molecule has 0 aliphatic carbocycles. The fraction of sp³-hybridized carbons (Fsp3) is 0.190. The van der Waals surface area contributed by atoms with Crippen LogP contribution in [0.4, 0.5) is 11.4 Å². The van der Waals surface area contributed by atoms with E-state index < -0.39 is 11.9 Å². The van der Waals surface area contributed by atoms with Gasteiger partial charge >= 0.3 is 11.9 Å². The molecular weight excluding hydrogens is 360 g/mol. The van der Waals surface area contributed by atoms with Gasteiger partial charge in [0.25, 0.3) is 5.91 Å². The van der Waals surface area contributed by atoms with E-state index in [1.165, 1.54) is 14.2 Å². The zero-order valence-electron chi connectivity index (χ0n) is 16.2. The van der Waals surface area contributed by atoms with E-state index in [0.29, 0.717) is 16.9 Å². The molecule has 0 saturated heterocycles. The summed E-state index contributed by atoms with van der Waals surface area (Å²) in [5.74, 6) is -1.67. The molecule has 1 amide bonds. The molecule has 0 radical (unpaired) electrons. The number of rotatable bonds is 6. The first-order valence-electron chi connectivity index (χ1n) is 8.47. The van der Waals surface area contributed by atoms with Crippen LogP contribution in [0.5, 0.6) is 0 Å². The number of anilines is 2. The highest BCUT2D eigenvalue weighted by Gasteiger charge is 2.14. The Balaban J connectivity index is 2.26. The molecule has 0 fully saturated rings. The Morgan fingerprint density at radius 3 is 2.32 bits per heavy atom. The van der Waals surface area contributed by atoms with Crippen molar-refractivity contribution in [2.75, 3.05) is 24.9 Å². The Morgan fingerprint density at radius 1 is 0.929 bits per heavy atom. The highest BCUT2D eigenvalue weighted by Crippen LogP contribution is 2.22. The predicted molar refractivity (Wildman–Crippen MR) is 106 cm³/mol. The van der Waals surface area contributed by atoms with Gasteiger partial charge in [0.15, 0.2) is 0 Å². The van der Waals surface area contributed by atoms with Crippen molar-refractivity contribution in [1.82, 2.24) is 0 Å². The second-order valence-electron chi connectivity index (χ2n) is 6.05. The minimum Gasteiger partial charge on any atom is -0.466 e. The number of ether oxygens (including phenoxy) is 2. The Morgan fingerprint density at radius 2 is 1.68 bits per heavy atom. The highest BCUT2D eigenvalue weighted by molar-refractivity contribution is 6.05. The van der Waals surface area contributed by atoms with Crippen LogP contribution in [0.15, 0.2) is 54.2 Å². The van der Waals surface area contributed by atoms with E-state index in [-0.39, 0.29) is 11.6 Å². The lowest BCUT2D eigenvalue weighted by molar-refractivity contribution is -0.138. The average molecular weight is 382 g/mol. The summed E-state index contributed by atoms with van der Waals surface area (Å²) < 4.78 is 9.22. The van der Waals surface area contributed by atoms with Crippen LogP contribution in [0.1, 0.15) is 21.5 Å². The molecule has 0 aliphatic heterocycles. The van der Waals surface area contributed by atoms with Crippen LogP contribution in [0.25, 0.3) is 0 Å². The summed E-state index contributed by atoms with van der Waals surface area (Å²) in [6.07, 6.45) is 0.997. The topological polar surface area (TPSA) is 93.7 Å². The number of esters is 2. The largest absolute Gasteiger partial charge is 0.466 e. The molecule has 0 aromatic heterocycles. The molecule has 2 aromatic rings. The first kappa shape index (κ1) is 20.7. The zero-order chi connectivity index (χ0) is 20.7. The Kier molecular flexibility index (Phi) is 6.92. The maximum absolute atomic E-state index is 12.5. The quantitative estimate of drug-likeness (QED) is 0.589. The van der Waals surface area contributed by atoms with Crippen molar-refractivity contribution in [1.29, 1.82) is 0 Å². The van der Waals surface area contributed by atoms with Crippen molar-refractivity contribution < 1.29 is 23.9 Å². The number of carbonyl (C=O) groups excluding carboxylic acids is 3. The molecule has 0 atom stereocenters. The third-order valence-corrected chi connectivity index (χ3v) is 3.91. The molecule has 0 bridgehead atoms. The molecule has 2 rings (SSSR count). The molecule has 0 spiro atoms. The van der Waals surface area contributed by atoms with E-state index in [2.05, 4.69) is 20.1 Å². The third-order valence-electron chi connectivity index (χ3n) is 3.91. The lowest BCUT2D eigenvalue weighted by Gasteiger charge is -2.13. The van der Waals surface area contributed by atoms with Gasteiger partial charge in [-0.2, -0.15) is 0 Å². The van der Waals surface area contributed by atoms with Crippen molar-refractivity contribution >= 4 is 29.2 Å². The lowest BCUT2D eigenvalue weighted by Crippen LogP contribution is -2.16. The first-order valence-corrected chi connectivity index (χ1v) is 8.47. The minimum absolute atomic E-state index is 0.0887. The molecule has 0 saturated carbocycles. The molecule has 0 aliphatic rings. The van der Waals surface area contributed by atoms with E-state index >= 15 is 0 Å². The maximum Gasteiger partial charge on any atom is 0.354 e. The van der Waals surface area contributed by atoms with Crippen LogP contribution in [0, 0.1) is 13.8 Å². The van der Waals surface area contributed by atoms with Gasteiger partial charge in [0.1, 0.15) is 5.70 Å². The van der Waals surface area contributed by atoms with Gasteiger partial charge in [-0.25, -0.2) is 9.59 Å². The number of methoxy groups -OCH3 is 2. The summed E-state index contributed by atoms with van der Waals surface area (Å²) in [5, 5.41) is 5.68. The van der Waals surface area contributed by atoms with E-state index in [9.17, 15) is 14.4 Å². The monoisotopic (exact) mass is 382 g/mol. The number of benzene rings is 2. The molecule has 0 unspecified atom stereocenters. The van der Waals surface area contributed by atoms with Crippen molar-refractivity contribution in [3.05, 3.63) is 70.9 Å². The first-order chi connectivity index (χ1) is 13.3. The summed E-state index contributed by atoms with van der Waals surface area (Å²) in [6.45, 7) is 3.76. The number of aryl methyl sites for hydroxylation is 2. The van der Waals surface area contributed by atoms with Gasteiger partial charge in [-0.15, -0.1) is 0 Å². The summed E-state index contributed by atoms with van der Waals surface area (Å²) in [6, 6.07) is 12.4. The van der Waals surface area contributed by atoms with Gasteiger partial charge in [0, 0.05) is 16.9 Å². The van der Waals surface area contributed by atoms with E-state index in [4.69, 9.17) is 0 Å². The predicted octanol–water partition coefficient (Wildman–Crippen LogP) is 3.20. The number of hydrogen-bond donors (Lipinski definition) is 2. The van der Waals surface area contributed by atoms with Gasteiger partial charge in [-0.05, 0) is 43.7 Å². The van der Waals surface area contributed by atoms with Crippen molar-refractivity contribution in [2.24, 2.45) is 0 Å². The molecule has 2 N–H and O–H groups in total. The van der Waals surface area contributed by atoms with Gasteiger partial charge in [0.05, 0.1) is 20.3 Å². The van der Waals surface area contributed by atoms with Gasteiger partial charge < -0.3 is 20.1 Å². The van der Waals surface area contributed by atoms with Crippen LogP contribution >= 0.6 is 0 Å². The highest BCUT2D eigenvalue weighted by atomic mass is 16.5. The Labute approximate surface area is 163 Å². The number of carbonyl (C=O) groups is 3. The van der Waals surface area contributed by atoms with E-state index in [0.717, 1.165) is 17.2 Å². The van der Waals surface area contributed by atoms with Gasteiger partial charge in [0.2, 0.25) is 0 Å². The molecular formula is C21H22N2O5. The second-order valence-corrected chi connectivity index (χ2v) is 6.05. The lowest BCUT2D eigenvalue weighted by atomic mass is 10.1. The van der Waals surface area contributed by atoms with E-state index in [1.807, 2.05) is 26.0 Å². The smallest absolute Gasteiger partial charge is 0.354 e. The van der Waals surface area contributed by atoms with Crippen molar-refractivity contribution in [2.45, 2.75) is 13.8 Å². The number of amides is 1. The summed E-state index contributed by atoms with van der Waals surface area (Å²) in [4.78, 5) is 35.9. The Bertz CT molecular complexity index is 934. The van der Waals surface area contributed by atoms with Crippen LogP contribution in [0.2, 0.25) is 0 Å². The summed E-state index contributed by atoms with van der Waals surface area (Å²) in [7, 11) is 2.41. The van der Waals surface area contributed by atoms with Crippen LogP contribution in [-0.2, 0) is 19.1 Å². The fourth-order valence-electron chi connectivity index (χ4n) is 2.40. The molecule has 0 heterocycles. The number of hydrogen-bond acceptors (Lipinski definition) is 6. The van der Waals surface area contributed by atoms with Crippen LogP contribution < -0.4 is 10.6 Å². The molecule has 146 valence electrons. The normalized spacial score (nSPS) is 10.8. The van der Waals surface area contributed by atoms with E-state index in [1.54, 1.807) is 30.3 Å². The zero-order valence-corrected chi connectivity index (χ0v) is 16.2. The summed E-state index contributed by atoms with van der Waals surface area (Å²) in [5.41, 5.74) is 3.33. The maximum atomic E-state index is 12.5. The minimum atomic E-state index is -0.726. The fourth-order valence-corrected chi connectivity index (χ4v) is 2.40. The molecule has 28 heavy (non-hydrogen) atoms. The Hall–Kier alpha value is -3.61. The standard InChI is InChI=1S/C21H22N2O5/c1-13-6-5-7-15(10-13)20(25)23-17-11-16(9-8-14(17)2)22-18(21(26)28-4)12-19(24)27-3/h5-12,22H,1-4H3,(H,23,25)/b18-12+. The van der Waals surface area contributed by atoms with Crippen LogP contribution in [-0.4, -0.2) is 32.1 Å². The average Bonchev–Trinajstić information content (AvgIpc) is 2.69. The molecule has 2 aromatic carbocycles. The summed E-state index contributed by atoms with van der Waals surface area (Å²) >= 11 is 0. The van der Waals surface area contributed by atoms with Crippen LogP contribution in [0.3, 0.4) is 0 Å². The third kappa shape index (κ3) is 5.44. The van der Waals surface area contributed by atoms with Crippen molar-refractivity contribution in [3.8, 4) is 0 Å². The molecule has 7 heteroatoms. The second kappa shape index (κ2) is 9.36. The van der Waals surface area contributed by atoms with Crippen molar-refractivity contribution in [3.63, 3.8) is 0 Å². The number of nitrogens with one attached hydrogen (secondary N) is 2. The van der Waals surface area contributed by atoms with Gasteiger partial charge in [-0.3, -0.25) is 4.79 Å².